The number of rotatable bonds is 4. The van der Waals surface area contributed by atoms with E-state index in [2.05, 4.69) is 0 Å². The van der Waals surface area contributed by atoms with E-state index in [1.165, 1.54) is 20.2 Å². The molecule has 7 nitrogen and oxygen atoms in total. The maximum Gasteiger partial charge on any atom is 0.332 e. The fraction of sp³-hybridized carbons (Fsp3) is 0.188. The number of hydrogen-bond acceptors (Lipinski definition) is 4. The monoisotopic (exact) mass is 315 g/mol. The fourth-order valence-electron chi connectivity index (χ4n) is 2.22. The van der Waals surface area contributed by atoms with Gasteiger partial charge in [0, 0.05) is 26.1 Å². The topological polar surface area (TPSA) is 107 Å². The summed E-state index contributed by atoms with van der Waals surface area (Å²) < 4.78 is 2.03. The molecule has 0 radical (unpaired) electrons. The van der Waals surface area contributed by atoms with Crippen LogP contribution in [0.15, 0.2) is 45.5 Å². The third kappa shape index (κ3) is 3.23. The van der Waals surface area contributed by atoms with Gasteiger partial charge in [-0.3, -0.25) is 13.9 Å². The number of nitrogens with two attached hydrogens (primary N) is 1. The zero-order valence-electron chi connectivity index (χ0n) is 12.8. The zero-order valence-corrected chi connectivity index (χ0v) is 12.8. The molecule has 0 atom stereocenters. The Morgan fingerprint density at radius 3 is 2.35 bits per heavy atom. The molecule has 1 aromatic heterocycles. The van der Waals surface area contributed by atoms with Crippen LogP contribution in [0.1, 0.15) is 11.1 Å². The highest BCUT2D eigenvalue weighted by atomic mass is 16.4. The molecule has 0 aliphatic rings. The molecule has 3 N–H and O–H groups in total. The number of aliphatic carboxylic acids is 1. The number of nitrogens with zero attached hydrogens (tertiary/aromatic N) is 2. The number of hydrogen-bond donors (Lipinski definition) is 2. The molecule has 0 saturated carbocycles. The van der Waals surface area contributed by atoms with Crippen LogP contribution in [0.3, 0.4) is 0 Å². The minimum atomic E-state index is -1.15. The summed E-state index contributed by atoms with van der Waals surface area (Å²) in [6, 6.07) is 8.89. The van der Waals surface area contributed by atoms with Crippen LogP contribution in [-0.2, 0) is 25.3 Å². The molecule has 0 fully saturated rings. The number of anilines is 1. The Labute approximate surface area is 131 Å². The lowest BCUT2D eigenvalue weighted by atomic mass is 10.0. The molecule has 120 valence electrons. The van der Waals surface area contributed by atoms with Gasteiger partial charge in [-0.2, -0.15) is 0 Å². The molecule has 0 amide bonds. The minimum absolute atomic E-state index is 0.0126. The Kier molecular flexibility index (Phi) is 4.49. The van der Waals surface area contributed by atoms with Gasteiger partial charge < -0.3 is 10.8 Å². The predicted octanol–water partition coefficient (Wildman–Crippen LogP) is 0.377. The number of nitrogen functional groups attached to an aromatic ring is 1. The largest absolute Gasteiger partial charge is 0.478 e. The highest BCUT2D eigenvalue weighted by Gasteiger charge is 2.17. The van der Waals surface area contributed by atoms with Gasteiger partial charge in [0.05, 0.1) is 5.56 Å². The van der Waals surface area contributed by atoms with Crippen LogP contribution in [0.4, 0.5) is 5.82 Å². The standard InChI is InChI=1S/C16H17N3O4/c1-18-13(17)12(14(20)19(2)16(18)23)9-11(15(21)22)8-10-6-4-3-5-7-10/h3-8H,9,17H2,1-2H3,(H,21,22). The van der Waals surface area contributed by atoms with Gasteiger partial charge in [-0.05, 0) is 11.6 Å². The van der Waals surface area contributed by atoms with Crippen molar-refractivity contribution in [1.29, 1.82) is 0 Å². The number of carboxylic acid groups (broad SMARTS) is 1. The lowest BCUT2D eigenvalue weighted by Gasteiger charge is -2.12. The van der Waals surface area contributed by atoms with Crippen molar-refractivity contribution in [3.05, 3.63) is 67.9 Å². The summed E-state index contributed by atoms with van der Waals surface area (Å²) in [5.74, 6) is -1.18. The average Bonchev–Trinajstić information content (AvgIpc) is 2.54. The summed E-state index contributed by atoms with van der Waals surface area (Å²) in [6.07, 6.45) is 1.31. The van der Waals surface area contributed by atoms with Crippen molar-refractivity contribution in [2.75, 3.05) is 5.73 Å². The first-order valence-corrected chi connectivity index (χ1v) is 6.86. The van der Waals surface area contributed by atoms with Crippen LogP contribution in [0.2, 0.25) is 0 Å². The van der Waals surface area contributed by atoms with Gasteiger partial charge in [-0.1, -0.05) is 30.3 Å². The Morgan fingerprint density at radius 1 is 1.17 bits per heavy atom. The smallest absolute Gasteiger partial charge is 0.332 e. The van der Waals surface area contributed by atoms with E-state index in [0.717, 1.165) is 9.13 Å². The van der Waals surface area contributed by atoms with Crippen molar-refractivity contribution >= 4 is 17.9 Å². The van der Waals surface area contributed by atoms with E-state index in [1.807, 2.05) is 6.07 Å². The summed E-state index contributed by atoms with van der Waals surface area (Å²) >= 11 is 0. The average molecular weight is 315 g/mol. The maximum atomic E-state index is 12.2. The van der Waals surface area contributed by atoms with Gasteiger partial charge >= 0.3 is 11.7 Å². The summed E-state index contributed by atoms with van der Waals surface area (Å²) in [5.41, 5.74) is 5.47. The van der Waals surface area contributed by atoms with Gasteiger partial charge in [0.2, 0.25) is 0 Å². The molecule has 2 aromatic rings. The van der Waals surface area contributed by atoms with E-state index >= 15 is 0 Å². The second-order valence-corrected chi connectivity index (χ2v) is 5.13. The van der Waals surface area contributed by atoms with E-state index < -0.39 is 17.2 Å². The highest BCUT2D eigenvalue weighted by Crippen LogP contribution is 2.14. The minimum Gasteiger partial charge on any atom is -0.478 e. The number of carbonyl (C=O) groups is 1. The third-order valence-electron chi connectivity index (χ3n) is 3.59. The summed E-state index contributed by atoms with van der Waals surface area (Å²) in [5, 5.41) is 9.38. The second kappa shape index (κ2) is 6.35. The van der Waals surface area contributed by atoms with Crippen molar-refractivity contribution < 1.29 is 9.90 Å². The normalized spacial score (nSPS) is 11.5. The molecule has 7 heteroatoms. The molecule has 0 bridgehead atoms. The fourth-order valence-corrected chi connectivity index (χ4v) is 2.22. The Balaban J connectivity index is 2.56. The molecule has 0 saturated heterocycles. The first-order valence-electron chi connectivity index (χ1n) is 6.86. The predicted molar refractivity (Wildman–Crippen MR) is 87.1 cm³/mol. The summed E-state index contributed by atoms with van der Waals surface area (Å²) in [4.78, 5) is 35.5. The van der Waals surface area contributed by atoms with Crippen molar-refractivity contribution in [2.45, 2.75) is 6.42 Å². The molecule has 1 heterocycles. The van der Waals surface area contributed by atoms with Crippen molar-refractivity contribution in [1.82, 2.24) is 9.13 Å². The van der Waals surface area contributed by atoms with Crippen LogP contribution in [0, 0.1) is 0 Å². The molecule has 1 aromatic carbocycles. The Morgan fingerprint density at radius 2 is 1.78 bits per heavy atom. The van der Waals surface area contributed by atoms with E-state index in [-0.39, 0.29) is 23.4 Å². The van der Waals surface area contributed by atoms with Crippen LogP contribution in [-0.4, -0.2) is 20.2 Å². The molecule has 0 aliphatic carbocycles. The molecular formula is C16H17N3O4. The van der Waals surface area contributed by atoms with Crippen LogP contribution in [0.25, 0.3) is 6.08 Å². The second-order valence-electron chi connectivity index (χ2n) is 5.13. The lowest BCUT2D eigenvalue weighted by Crippen LogP contribution is -2.40. The quantitative estimate of drug-likeness (QED) is 0.793. The lowest BCUT2D eigenvalue weighted by molar-refractivity contribution is -0.132. The third-order valence-corrected chi connectivity index (χ3v) is 3.59. The van der Waals surface area contributed by atoms with E-state index in [0.29, 0.717) is 5.56 Å². The van der Waals surface area contributed by atoms with Gasteiger partial charge in [-0.25, -0.2) is 9.59 Å². The highest BCUT2D eigenvalue weighted by molar-refractivity contribution is 5.92. The van der Waals surface area contributed by atoms with Gasteiger partial charge in [0.1, 0.15) is 5.82 Å². The first kappa shape index (κ1) is 16.3. The van der Waals surface area contributed by atoms with Gasteiger partial charge in [0.25, 0.3) is 5.56 Å². The van der Waals surface area contributed by atoms with E-state index in [9.17, 15) is 19.5 Å². The molecule has 0 unspecified atom stereocenters. The SMILES string of the molecule is Cn1c(N)c(CC(=Cc2ccccc2)C(=O)O)c(=O)n(C)c1=O. The molecular weight excluding hydrogens is 298 g/mol. The van der Waals surface area contributed by atoms with Gasteiger partial charge in [0.15, 0.2) is 0 Å². The van der Waals surface area contributed by atoms with E-state index in [4.69, 9.17) is 5.73 Å². The van der Waals surface area contributed by atoms with Gasteiger partial charge in [-0.15, -0.1) is 0 Å². The summed E-state index contributed by atoms with van der Waals surface area (Å²) in [7, 11) is 2.76. The Hall–Kier alpha value is -3.09. The molecule has 0 aliphatic heterocycles. The summed E-state index contributed by atoms with van der Waals surface area (Å²) in [6.45, 7) is 0. The zero-order chi connectivity index (χ0) is 17.1. The van der Waals surface area contributed by atoms with E-state index in [1.54, 1.807) is 24.3 Å². The van der Waals surface area contributed by atoms with Crippen LogP contribution >= 0.6 is 0 Å². The Bertz CT molecular complexity index is 892. The van der Waals surface area contributed by atoms with Crippen LogP contribution in [0.5, 0.6) is 0 Å². The molecule has 2 rings (SSSR count). The van der Waals surface area contributed by atoms with Crippen molar-refractivity contribution in [3.63, 3.8) is 0 Å². The molecule has 0 spiro atoms. The number of benzene rings is 1. The first-order chi connectivity index (χ1) is 10.8. The molecule has 23 heavy (non-hydrogen) atoms. The van der Waals surface area contributed by atoms with Crippen LogP contribution < -0.4 is 17.0 Å². The maximum absolute atomic E-state index is 12.2. The van der Waals surface area contributed by atoms with Crippen molar-refractivity contribution in [2.24, 2.45) is 14.1 Å². The van der Waals surface area contributed by atoms with Crippen molar-refractivity contribution in [3.8, 4) is 0 Å². The number of aromatic nitrogens is 2. The number of carboxylic acids is 1.